The summed E-state index contributed by atoms with van der Waals surface area (Å²) < 4.78 is 5.16. The highest BCUT2D eigenvalue weighted by molar-refractivity contribution is 5.91. The molecule has 0 bridgehead atoms. The van der Waals surface area contributed by atoms with Gasteiger partial charge in [-0.3, -0.25) is 9.59 Å². The Labute approximate surface area is 163 Å². The van der Waals surface area contributed by atoms with E-state index in [1.807, 2.05) is 6.08 Å². The minimum absolute atomic E-state index is 0.169. The van der Waals surface area contributed by atoms with Gasteiger partial charge < -0.3 is 4.74 Å². The van der Waals surface area contributed by atoms with Gasteiger partial charge in [0.15, 0.2) is 5.78 Å². The monoisotopic (exact) mass is 370 g/mol. The van der Waals surface area contributed by atoms with E-state index in [-0.39, 0.29) is 11.4 Å². The molecule has 0 N–H and O–H groups in total. The van der Waals surface area contributed by atoms with Gasteiger partial charge in [-0.1, -0.05) is 30.6 Å². The van der Waals surface area contributed by atoms with Crippen molar-refractivity contribution in [1.29, 1.82) is 0 Å². The first-order valence-electron chi connectivity index (χ1n) is 10.9. The van der Waals surface area contributed by atoms with Crippen LogP contribution in [0.15, 0.2) is 22.8 Å². The number of esters is 1. The topological polar surface area (TPSA) is 43.4 Å². The predicted molar refractivity (Wildman–Crippen MR) is 106 cm³/mol. The fourth-order valence-electron chi connectivity index (χ4n) is 6.87. The van der Waals surface area contributed by atoms with E-state index in [9.17, 15) is 9.59 Å². The lowest BCUT2D eigenvalue weighted by molar-refractivity contribution is -0.141. The van der Waals surface area contributed by atoms with Crippen molar-refractivity contribution in [3.05, 3.63) is 22.8 Å². The highest BCUT2D eigenvalue weighted by Crippen LogP contribution is 2.63. The third-order valence-electron chi connectivity index (χ3n) is 8.38. The van der Waals surface area contributed by atoms with Gasteiger partial charge in [-0.25, -0.2) is 0 Å². The van der Waals surface area contributed by atoms with E-state index in [4.69, 9.17) is 4.74 Å². The minimum atomic E-state index is -0.169. The molecule has 1 fully saturated rings. The van der Waals surface area contributed by atoms with Crippen molar-refractivity contribution in [3.8, 4) is 0 Å². The van der Waals surface area contributed by atoms with Crippen LogP contribution in [-0.4, -0.2) is 18.4 Å². The van der Waals surface area contributed by atoms with Gasteiger partial charge in [0.05, 0.1) is 6.61 Å². The second-order valence-corrected chi connectivity index (χ2v) is 9.85. The summed E-state index contributed by atoms with van der Waals surface area (Å²) in [6.45, 7) is 6.93. The molecular formula is C24H34O3. The average Bonchev–Trinajstić information content (AvgIpc) is 2.97. The number of carbonyl (C=O) groups excluding carboxylic acids is 2. The van der Waals surface area contributed by atoms with Crippen LogP contribution in [0.4, 0.5) is 0 Å². The highest BCUT2D eigenvalue weighted by Gasteiger charge is 2.52. The van der Waals surface area contributed by atoms with Crippen molar-refractivity contribution in [3.63, 3.8) is 0 Å². The summed E-state index contributed by atoms with van der Waals surface area (Å²) in [6, 6.07) is 0. The first-order chi connectivity index (χ1) is 12.8. The van der Waals surface area contributed by atoms with Crippen LogP contribution in [0.25, 0.3) is 0 Å². The number of rotatable bonds is 4. The van der Waals surface area contributed by atoms with Crippen LogP contribution >= 0.6 is 0 Å². The quantitative estimate of drug-likeness (QED) is 0.370. The molecule has 0 saturated heterocycles. The van der Waals surface area contributed by atoms with E-state index in [1.54, 1.807) is 11.1 Å². The van der Waals surface area contributed by atoms with Gasteiger partial charge >= 0.3 is 5.97 Å². The molecule has 0 amide bonds. The summed E-state index contributed by atoms with van der Waals surface area (Å²) in [4.78, 5) is 23.0. The molecule has 0 heterocycles. The molecule has 0 aliphatic heterocycles. The van der Waals surface area contributed by atoms with Crippen molar-refractivity contribution < 1.29 is 14.3 Å². The first kappa shape index (κ1) is 19.0. The minimum Gasteiger partial charge on any atom is -0.466 e. The molecule has 1 saturated carbocycles. The smallest absolute Gasteiger partial charge is 0.302 e. The van der Waals surface area contributed by atoms with Crippen LogP contribution in [0.1, 0.15) is 85.0 Å². The van der Waals surface area contributed by atoms with Crippen molar-refractivity contribution in [2.45, 2.75) is 85.0 Å². The molecule has 4 aliphatic rings. The van der Waals surface area contributed by atoms with E-state index >= 15 is 0 Å². The molecular weight excluding hydrogens is 336 g/mol. The Morgan fingerprint density at radius 1 is 1.15 bits per heavy atom. The molecule has 0 aromatic heterocycles. The summed E-state index contributed by atoms with van der Waals surface area (Å²) in [5, 5.41) is 0. The predicted octanol–water partition coefficient (Wildman–Crippen LogP) is 5.54. The second kappa shape index (κ2) is 6.90. The zero-order valence-corrected chi connectivity index (χ0v) is 17.2. The molecule has 4 atom stereocenters. The van der Waals surface area contributed by atoms with Gasteiger partial charge in [-0.2, -0.15) is 0 Å². The third kappa shape index (κ3) is 3.21. The van der Waals surface area contributed by atoms with Gasteiger partial charge in [0.2, 0.25) is 0 Å². The summed E-state index contributed by atoms with van der Waals surface area (Å²) in [5.74, 6) is 1.64. The molecule has 27 heavy (non-hydrogen) atoms. The van der Waals surface area contributed by atoms with Crippen molar-refractivity contribution in [1.82, 2.24) is 0 Å². The van der Waals surface area contributed by atoms with Gasteiger partial charge in [0.1, 0.15) is 0 Å². The molecule has 0 unspecified atom stereocenters. The lowest BCUT2D eigenvalue weighted by atomic mass is 9.52. The van der Waals surface area contributed by atoms with E-state index < -0.39 is 0 Å². The first-order valence-corrected chi connectivity index (χ1v) is 10.9. The van der Waals surface area contributed by atoms with Gasteiger partial charge in [-0.15, -0.1) is 0 Å². The van der Waals surface area contributed by atoms with Gasteiger partial charge in [-0.05, 0) is 86.5 Å². The molecule has 0 spiro atoms. The van der Waals surface area contributed by atoms with Gasteiger partial charge in [0, 0.05) is 13.3 Å². The number of hydrogen-bond donors (Lipinski definition) is 0. The Hall–Kier alpha value is -1.38. The summed E-state index contributed by atoms with van der Waals surface area (Å²) in [5.41, 5.74) is 5.53. The van der Waals surface area contributed by atoms with Crippen molar-refractivity contribution in [2.24, 2.45) is 22.7 Å². The number of ketones is 1. The van der Waals surface area contributed by atoms with Crippen LogP contribution in [-0.2, 0) is 14.3 Å². The Kier molecular flexibility index (Phi) is 4.84. The SMILES string of the molecule is CC(=O)OCCC[C@]1(C)CCC2=C1CC[C@H]1[C@H]2CCC2=CC(=O)CC[C@@]21C. The van der Waals surface area contributed by atoms with E-state index in [0.29, 0.717) is 17.8 Å². The molecule has 0 aromatic carbocycles. The highest BCUT2D eigenvalue weighted by atomic mass is 16.5. The van der Waals surface area contributed by atoms with Gasteiger partial charge in [0.25, 0.3) is 0 Å². The molecule has 0 aromatic rings. The van der Waals surface area contributed by atoms with E-state index in [2.05, 4.69) is 13.8 Å². The number of hydrogen-bond acceptors (Lipinski definition) is 3. The molecule has 4 rings (SSSR count). The maximum atomic E-state index is 11.9. The lowest BCUT2D eigenvalue weighted by Gasteiger charge is -2.52. The molecule has 0 radical (unpaired) electrons. The Balaban J connectivity index is 1.52. The fraction of sp³-hybridized carbons (Fsp3) is 0.750. The molecule has 3 nitrogen and oxygen atoms in total. The maximum absolute atomic E-state index is 11.9. The van der Waals surface area contributed by atoms with Crippen LogP contribution in [0.5, 0.6) is 0 Å². The van der Waals surface area contributed by atoms with Crippen LogP contribution in [0.2, 0.25) is 0 Å². The van der Waals surface area contributed by atoms with Crippen molar-refractivity contribution >= 4 is 11.8 Å². The molecule has 4 aliphatic carbocycles. The summed E-state index contributed by atoms with van der Waals surface area (Å²) >= 11 is 0. The Bertz CT molecular complexity index is 715. The fourth-order valence-corrected chi connectivity index (χ4v) is 6.87. The lowest BCUT2D eigenvalue weighted by Crippen LogP contribution is -2.43. The largest absolute Gasteiger partial charge is 0.466 e. The number of allylic oxidation sites excluding steroid dienone is 4. The Morgan fingerprint density at radius 3 is 2.74 bits per heavy atom. The molecule has 148 valence electrons. The zero-order valence-electron chi connectivity index (χ0n) is 17.2. The van der Waals surface area contributed by atoms with Crippen LogP contribution in [0, 0.1) is 22.7 Å². The normalized spacial score (nSPS) is 38.0. The van der Waals surface area contributed by atoms with E-state index in [0.717, 1.165) is 43.9 Å². The standard InChI is InChI=1S/C24H34O3/c1-16(25)27-14-4-11-23(2)12-10-20-19-6-5-17-15-18(26)9-13-24(17,3)22(19)8-7-21(20)23/h15,19,22H,4-14H2,1-3H3/t19-,22-,23+,24-/m0/s1. The number of fused-ring (bicyclic) bond motifs is 4. The zero-order chi connectivity index (χ0) is 19.2. The van der Waals surface area contributed by atoms with Crippen LogP contribution in [0.3, 0.4) is 0 Å². The second-order valence-electron chi connectivity index (χ2n) is 9.85. The maximum Gasteiger partial charge on any atom is 0.302 e. The summed E-state index contributed by atoms with van der Waals surface area (Å²) in [6.07, 6.45) is 13.3. The number of carbonyl (C=O) groups is 2. The number of ether oxygens (including phenoxy) is 1. The third-order valence-corrected chi connectivity index (χ3v) is 8.38. The van der Waals surface area contributed by atoms with Crippen molar-refractivity contribution in [2.75, 3.05) is 6.61 Å². The summed E-state index contributed by atoms with van der Waals surface area (Å²) in [7, 11) is 0. The molecule has 3 heteroatoms. The van der Waals surface area contributed by atoms with E-state index in [1.165, 1.54) is 44.6 Å². The van der Waals surface area contributed by atoms with Crippen LogP contribution < -0.4 is 0 Å². The Morgan fingerprint density at radius 2 is 1.96 bits per heavy atom. The average molecular weight is 371 g/mol.